The summed E-state index contributed by atoms with van der Waals surface area (Å²) in [5.74, 6) is -0.621. The van der Waals surface area contributed by atoms with Gasteiger partial charge >= 0.3 is 0 Å². The average Bonchev–Trinajstić information content (AvgIpc) is 3.18. The standard InChI is InChI=1S/C17H15ClFN3OS/c1-2-22-14(15-6-7-16(18)24-15)9-13(21-22)17(23)20-10-11-4-3-5-12(19)8-11/h3-9H,2,10H2,1H3,(H,20,23). The highest BCUT2D eigenvalue weighted by atomic mass is 35.5. The van der Waals surface area contributed by atoms with Crippen LogP contribution in [0.2, 0.25) is 4.34 Å². The fraction of sp³-hybridized carbons (Fsp3) is 0.176. The van der Waals surface area contributed by atoms with E-state index in [1.54, 1.807) is 22.9 Å². The normalized spacial score (nSPS) is 10.8. The number of hydrogen-bond acceptors (Lipinski definition) is 3. The van der Waals surface area contributed by atoms with Crippen molar-refractivity contribution >= 4 is 28.8 Å². The third-order valence-electron chi connectivity index (χ3n) is 3.48. The minimum atomic E-state index is -0.325. The minimum Gasteiger partial charge on any atom is -0.347 e. The maximum absolute atomic E-state index is 13.2. The van der Waals surface area contributed by atoms with Crippen LogP contribution < -0.4 is 5.32 Å². The number of halogens is 2. The van der Waals surface area contributed by atoms with E-state index in [0.29, 0.717) is 22.1 Å². The van der Waals surface area contributed by atoms with Crippen LogP contribution in [0, 0.1) is 5.82 Å². The summed E-state index contributed by atoms with van der Waals surface area (Å²) in [6.07, 6.45) is 0. The van der Waals surface area contributed by atoms with Crippen molar-refractivity contribution in [1.82, 2.24) is 15.1 Å². The van der Waals surface area contributed by atoms with E-state index in [0.717, 1.165) is 10.6 Å². The van der Waals surface area contributed by atoms with Gasteiger partial charge in [0.25, 0.3) is 5.91 Å². The molecule has 4 nitrogen and oxygen atoms in total. The second kappa shape index (κ2) is 7.15. The third kappa shape index (κ3) is 3.66. The fourth-order valence-corrected chi connectivity index (χ4v) is 3.40. The Balaban J connectivity index is 1.76. The van der Waals surface area contributed by atoms with Gasteiger partial charge < -0.3 is 5.32 Å². The van der Waals surface area contributed by atoms with Crippen LogP contribution >= 0.6 is 22.9 Å². The highest BCUT2D eigenvalue weighted by Gasteiger charge is 2.16. The average molecular weight is 364 g/mol. The molecule has 124 valence electrons. The molecule has 0 aliphatic carbocycles. The van der Waals surface area contributed by atoms with E-state index in [4.69, 9.17) is 11.6 Å². The van der Waals surface area contributed by atoms with E-state index >= 15 is 0 Å². The van der Waals surface area contributed by atoms with Gasteiger partial charge in [0.2, 0.25) is 0 Å². The molecule has 2 heterocycles. The van der Waals surface area contributed by atoms with E-state index in [1.807, 2.05) is 19.1 Å². The lowest BCUT2D eigenvalue weighted by Crippen LogP contribution is -2.23. The second-order valence-electron chi connectivity index (χ2n) is 5.15. The maximum Gasteiger partial charge on any atom is 0.272 e. The maximum atomic E-state index is 13.2. The van der Waals surface area contributed by atoms with Crippen molar-refractivity contribution in [2.24, 2.45) is 0 Å². The van der Waals surface area contributed by atoms with Gasteiger partial charge in [-0.05, 0) is 42.8 Å². The molecule has 3 rings (SSSR count). The molecule has 1 aromatic carbocycles. The van der Waals surface area contributed by atoms with Gasteiger partial charge in [-0.15, -0.1) is 11.3 Å². The van der Waals surface area contributed by atoms with Crippen LogP contribution in [0.1, 0.15) is 23.0 Å². The van der Waals surface area contributed by atoms with Gasteiger partial charge in [0.05, 0.1) is 14.9 Å². The first kappa shape index (κ1) is 16.7. The number of nitrogens with one attached hydrogen (secondary N) is 1. The molecule has 0 fully saturated rings. The molecule has 2 aromatic heterocycles. The largest absolute Gasteiger partial charge is 0.347 e. The fourth-order valence-electron chi connectivity index (χ4n) is 2.34. The Morgan fingerprint density at radius 1 is 1.33 bits per heavy atom. The van der Waals surface area contributed by atoms with E-state index in [2.05, 4.69) is 10.4 Å². The lowest BCUT2D eigenvalue weighted by molar-refractivity contribution is 0.0945. The van der Waals surface area contributed by atoms with Crippen LogP contribution in [0.25, 0.3) is 10.6 Å². The highest BCUT2D eigenvalue weighted by molar-refractivity contribution is 7.19. The summed E-state index contributed by atoms with van der Waals surface area (Å²) in [6, 6.07) is 11.6. The zero-order chi connectivity index (χ0) is 17.1. The number of aromatic nitrogens is 2. The number of amides is 1. The Hall–Kier alpha value is -2.18. The lowest BCUT2D eigenvalue weighted by Gasteiger charge is -2.03. The highest BCUT2D eigenvalue weighted by Crippen LogP contribution is 2.31. The van der Waals surface area contributed by atoms with Gasteiger partial charge in [0, 0.05) is 13.1 Å². The van der Waals surface area contributed by atoms with Crippen molar-refractivity contribution < 1.29 is 9.18 Å². The van der Waals surface area contributed by atoms with Crippen molar-refractivity contribution in [1.29, 1.82) is 0 Å². The van der Waals surface area contributed by atoms with Gasteiger partial charge in [-0.25, -0.2) is 4.39 Å². The number of aryl methyl sites for hydroxylation is 1. The molecule has 24 heavy (non-hydrogen) atoms. The Morgan fingerprint density at radius 3 is 2.83 bits per heavy atom. The predicted molar refractivity (Wildman–Crippen MR) is 93.8 cm³/mol. The Labute approximate surface area is 147 Å². The quantitative estimate of drug-likeness (QED) is 0.732. The van der Waals surface area contributed by atoms with Gasteiger partial charge in [0.1, 0.15) is 5.82 Å². The van der Waals surface area contributed by atoms with E-state index in [9.17, 15) is 9.18 Å². The summed E-state index contributed by atoms with van der Waals surface area (Å²) >= 11 is 7.42. The summed E-state index contributed by atoms with van der Waals surface area (Å²) in [4.78, 5) is 13.3. The van der Waals surface area contributed by atoms with Crippen molar-refractivity contribution in [2.45, 2.75) is 20.0 Å². The van der Waals surface area contributed by atoms with Crippen molar-refractivity contribution in [3.8, 4) is 10.6 Å². The zero-order valence-electron chi connectivity index (χ0n) is 12.9. The molecule has 0 unspecified atom stereocenters. The lowest BCUT2D eigenvalue weighted by atomic mass is 10.2. The molecule has 0 atom stereocenters. The van der Waals surface area contributed by atoms with E-state index in [-0.39, 0.29) is 18.3 Å². The molecule has 0 radical (unpaired) electrons. The van der Waals surface area contributed by atoms with Crippen LogP contribution in [-0.2, 0) is 13.1 Å². The summed E-state index contributed by atoms with van der Waals surface area (Å²) in [7, 11) is 0. The molecule has 0 bridgehead atoms. The van der Waals surface area contributed by atoms with Crippen LogP contribution in [0.15, 0.2) is 42.5 Å². The molecule has 3 aromatic rings. The van der Waals surface area contributed by atoms with Crippen LogP contribution in [0.3, 0.4) is 0 Å². The van der Waals surface area contributed by atoms with Gasteiger partial charge in [0.15, 0.2) is 5.69 Å². The van der Waals surface area contributed by atoms with Gasteiger partial charge in [-0.2, -0.15) is 5.10 Å². The number of rotatable bonds is 5. The van der Waals surface area contributed by atoms with Crippen LogP contribution in [-0.4, -0.2) is 15.7 Å². The Morgan fingerprint density at radius 2 is 2.17 bits per heavy atom. The van der Waals surface area contributed by atoms with E-state index < -0.39 is 0 Å². The number of thiophene rings is 1. The number of nitrogens with zero attached hydrogens (tertiary/aromatic N) is 2. The molecule has 1 amide bonds. The number of carbonyl (C=O) groups excluding carboxylic acids is 1. The Bertz CT molecular complexity index is 874. The van der Waals surface area contributed by atoms with Crippen LogP contribution in [0.4, 0.5) is 4.39 Å². The zero-order valence-corrected chi connectivity index (χ0v) is 14.5. The number of hydrogen-bond donors (Lipinski definition) is 1. The number of benzene rings is 1. The molecule has 0 saturated carbocycles. The molecule has 0 spiro atoms. The minimum absolute atomic E-state index is 0.246. The van der Waals surface area contributed by atoms with Gasteiger partial charge in [-0.1, -0.05) is 23.7 Å². The number of carbonyl (C=O) groups is 1. The first-order valence-corrected chi connectivity index (χ1v) is 8.62. The second-order valence-corrected chi connectivity index (χ2v) is 6.86. The molecular weight excluding hydrogens is 349 g/mol. The predicted octanol–water partition coefficient (Wildman–Crippen LogP) is 4.35. The van der Waals surface area contributed by atoms with Crippen molar-refractivity contribution in [3.63, 3.8) is 0 Å². The first-order chi connectivity index (χ1) is 11.6. The molecular formula is C17H15ClFN3OS. The first-order valence-electron chi connectivity index (χ1n) is 7.43. The summed E-state index contributed by atoms with van der Waals surface area (Å²) in [5.41, 5.74) is 1.88. The van der Waals surface area contributed by atoms with Crippen LogP contribution in [0.5, 0.6) is 0 Å². The molecule has 0 aliphatic heterocycles. The van der Waals surface area contributed by atoms with Crippen molar-refractivity contribution in [3.05, 3.63) is 63.9 Å². The molecule has 1 N–H and O–H groups in total. The molecule has 0 saturated heterocycles. The SMILES string of the molecule is CCn1nc(C(=O)NCc2cccc(F)c2)cc1-c1ccc(Cl)s1. The van der Waals surface area contributed by atoms with Gasteiger partial charge in [-0.3, -0.25) is 9.48 Å². The Kier molecular flexibility index (Phi) is 4.97. The summed E-state index contributed by atoms with van der Waals surface area (Å²) in [6.45, 7) is 2.85. The van der Waals surface area contributed by atoms with Crippen molar-refractivity contribution in [2.75, 3.05) is 0 Å². The topological polar surface area (TPSA) is 46.9 Å². The summed E-state index contributed by atoms with van der Waals surface area (Å²) in [5, 5.41) is 7.10. The smallest absolute Gasteiger partial charge is 0.272 e. The van der Waals surface area contributed by atoms with E-state index in [1.165, 1.54) is 23.5 Å². The third-order valence-corrected chi connectivity index (χ3v) is 4.73. The molecule has 0 aliphatic rings. The summed E-state index contributed by atoms with van der Waals surface area (Å²) < 4.78 is 15.6. The molecule has 7 heteroatoms. The monoisotopic (exact) mass is 363 g/mol.